The van der Waals surface area contributed by atoms with Crippen LogP contribution in [0.3, 0.4) is 0 Å². The number of hydrogen-bond donors (Lipinski definition) is 3. The average Bonchev–Trinajstić information content (AvgIpc) is 3.17. The van der Waals surface area contributed by atoms with E-state index in [0.717, 1.165) is 16.5 Å². The highest BCUT2D eigenvalue weighted by atomic mass is 35.5. The summed E-state index contributed by atoms with van der Waals surface area (Å²) in [5.41, 5.74) is 2.79. The van der Waals surface area contributed by atoms with Crippen molar-refractivity contribution in [3.05, 3.63) is 89.6 Å². The first-order chi connectivity index (χ1) is 14.9. The second kappa shape index (κ2) is 8.83. The summed E-state index contributed by atoms with van der Waals surface area (Å²) in [6.45, 7) is 0. The number of H-pyrrole nitrogens is 1. The van der Waals surface area contributed by atoms with Crippen LogP contribution in [0, 0.1) is 0 Å². The molecule has 0 spiro atoms. The molecule has 3 N–H and O–H groups in total. The summed E-state index contributed by atoms with van der Waals surface area (Å²) in [5, 5.41) is 4.16. The topological polar surface area (TPSA) is 91.1 Å². The molecule has 0 unspecified atom stereocenters. The highest BCUT2D eigenvalue weighted by Crippen LogP contribution is 2.25. The van der Waals surface area contributed by atoms with Crippen LogP contribution < -0.4 is 10.0 Å². The van der Waals surface area contributed by atoms with Gasteiger partial charge in [-0.15, -0.1) is 0 Å². The van der Waals surface area contributed by atoms with Crippen LogP contribution in [-0.4, -0.2) is 19.3 Å². The molecule has 1 aromatic heterocycles. The molecule has 4 aromatic rings. The fourth-order valence-corrected chi connectivity index (χ4v) is 4.66. The number of benzene rings is 3. The number of para-hydroxylation sites is 2. The van der Waals surface area contributed by atoms with Crippen LogP contribution in [0.2, 0.25) is 5.02 Å². The summed E-state index contributed by atoms with van der Waals surface area (Å²) in [5.74, 6) is -0.195. The summed E-state index contributed by atoms with van der Waals surface area (Å²) in [6.07, 6.45) is 2.75. The molecule has 0 atom stereocenters. The van der Waals surface area contributed by atoms with E-state index in [-0.39, 0.29) is 22.9 Å². The van der Waals surface area contributed by atoms with Gasteiger partial charge in [0, 0.05) is 29.2 Å². The Balaban J connectivity index is 1.43. The lowest BCUT2D eigenvalue weighted by molar-refractivity contribution is -0.116. The second-order valence-electron chi connectivity index (χ2n) is 7.02. The van der Waals surface area contributed by atoms with Gasteiger partial charge in [0.05, 0.1) is 15.6 Å². The lowest BCUT2D eigenvalue weighted by Gasteiger charge is -2.11. The minimum atomic E-state index is -3.86. The predicted octanol–water partition coefficient (Wildman–Crippen LogP) is 5.19. The zero-order valence-electron chi connectivity index (χ0n) is 16.4. The maximum absolute atomic E-state index is 12.7. The Bertz CT molecular complexity index is 1350. The molecule has 4 rings (SSSR count). The van der Waals surface area contributed by atoms with Crippen LogP contribution in [0.1, 0.15) is 12.0 Å². The number of aromatic nitrogens is 1. The predicted molar refractivity (Wildman–Crippen MR) is 124 cm³/mol. The summed E-state index contributed by atoms with van der Waals surface area (Å²) >= 11 is 6.05. The molecule has 0 aliphatic rings. The van der Waals surface area contributed by atoms with E-state index >= 15 is 0 Å². The van der Waals surface area contributed by atoms with Gasteiger partial charge in [-0.25, -0.2) is 8.42 Å². The van der Waals surface area contributed by atoms with E-state index in [4.69, 9.17) is 11.6 Å². The molecule has 0 fully saturated rings. The van der Waals surface area contributed by atoms with Crippen molar-refractivity contribution in [3.8, 4) is 0 Å². The Labute approximate surface area is 185 Å². The number of aromatic amines is 1. The van der Waals surface area contributed by atoms with Crippen LogP contribution >= 0.6 is 11.6 Å². The number of carbonyl (C=O) groups is 1. The third kappa shape index (κ3) is 4.90. The van der Waals surface area contributed by atoms with Crippen LogP contribution in [0.4, 0.5) is 11.4 Å². The van der Waals surface area contributed by atoms with Gasteiger partial charge in [-0.05, 0) is 48.4 Å². The van der Waals surface area contributed by atoms with Crippen molar-refractivity contribution in [2.45, 2.75) is 17.7 Å². The molecule has 31 heavy (non-hydrogen) atoms. The quantitative estimate of drug-likeness (QED) is 0.359. The van der Waals surface area contributed by atoms with Gasteiger partial charge in [0.1, 0.15) is 0 Å². The van der Waals surface area contributed by atoms with Crippen molar-refractivity contribution < 1.29 is 13.2 Å². The molecule has 158 valence electrons. The minimum absolute atomic E-state index is 0.0295. The molecule has 0 saturated heterocycles. The first-order valence-corrected chi connectivity index (χ1v) is 11.5. The highest BCUT2D eigenvalue weighted by Gasteiger charge is 2.16. The van der Waals surface area contributed by atoms with Crippen LogP contribution in [-0.2, 0) is 21.2 Å². The first-order valence-electron chi connectivity index (χ1n) is 9.65. The van der Waals surface area contributed by atoms with Crippen LogP contribution in [0.25, 0.3) is 10.9 Å². The summed E-state index contributed by atoms with van der Waals surface area (Å²) in [7, 11) is -3.86. The third-order valence-corrected chi connectivity index (χ3v) is 6.54. The van der Waals surface area contributed by atoms with Gasteiger partial charge in [0.25, 0.3) is 10.0 Å². The van der Waals surface area contributed by atoms with Crippen LogP contribution in [0.15, 0.2) is 83.9 Å². The van der Waals surface area contributed by atoms with Gasteiger partial charge >= 0.3 is 0 Å². The van der Waals surface area contributed by atoms with Gasteiger partial charge in [-0.1, -0.05) is 48.0 Å². The van der Waals surface area contributed by atoms with Crippen molar-refractivity contribution in [3.63, 3.8) is 0 Å². The normalized spacial score (nSPS) is 11.4. The summed E-state index contributed by atoms with van der Waals surface area (Å²) in [6, 6.07) is 20.6. The number of nitrogens with one attached hydrogen (secondary N) is 3. The molecule has 8 heteroatoms. The smallest absolute Gasteiger partial charge is 0.262 e. The monoisotopic (exact) mass is 453 g/mol. The Morgan fingerprint density at radius 2 is 1.74 bits per heavy atom. The molecule has 1 heterocycles. The maximum atomic E-state index is 12.7. The Morgan fingerprint density at radius 3 is 2.58 bits per heavy atom. The Morgan fingerprint density at radius 1 is 0.968 bits per heavy atom. The van der Waals surface area contributed by atoms with Crippen molar-refractivity contribution >= 4 is 49.8 Å². The number of sulfonamides is 1. The Kier molecular flexibility index (Phi) is 5.97. The van der Waals surface area contributed by atoms with Gasteiger partial charge in [0.2, 0.25) is 5.91 Å². The molecule has 0 saturated carbocycles. The molecule has 0 aliphatic heterocycles. The van der Waals surface area contributed by atoms with Gasteiger partial charge in [-0.2, -0.15) is 0 Å². The fraction of sp³-hybridized carbons (Fsp3) is 0.0870. The average molecular weight is 454 g/mol. The highest BCUT2D eigenvalue weighted by molar-refractivity contribution is 7.92. The van der Waals surface area contributed by atoms with E-state index in [0.29, 0.717) is 17.1 Å². The van der Waals surface area contributed by atoms with Crippen molar-refractivity contribution in [1.82, 2.24) is 4.98 Å². The zero-order valence-corrected chi connectivity index (χ0v) is 18.0. The maximum Gasteiger partial charge on any atom is 0.262 e. The first kappa shape index (κ1) is 21.0. The zero-order chi connectivity index (χ0) is 21.8. The van der Waals surface area contributed by atoms with Crippen molar-refractivity contribution in [2.24, 2.45) is 0 Å². The summed E-state index contributed by atoms with van der Waals surface area (Å²) < 4.78 is 27.9. The largest absolute Gasteiger partial charge is 0.361 e. The lowest BCUT2D eigenvalue weighted by Crippen LogP contribution is -2.15. The van der Waals surface area contributed by atoms with E-state index in [1.807, 2.05) is 30.5 Å². The molecule has 1 amide bonds. The van der Waals surface area contributed by atoms with Gasteiger partial charge < -0.3 is 10.3 Å². The van der Waals surface area contributed by atoms with E-state index in [2.05, 4.69) is 15.0 Å². The number of anilines is 2. The molecule has 0 radical (unpaired) electrons. The van der Waals surface area contributed by atoms with Crippen LogP contribution in [0.5, 0.6) is 0 Å². The number of hydrogen-bond acceptors (Lipinski definition) is 3. The standard InChI is InChI=1S/C23H20ClN3O3S/c24-20-9-2-4-11-22(20)27-31(29,30)18-7-5-6-17(14-18)26-23(28)13-12-16-15-25-21-10-3-1-8-19(16)21/h1-11,14-15,25,27H,12-13H2,(H,26,28). The number of fused-ring (bicyclic) bond motifs is 1. The third-order valence-electron chi connectivity index (χ3n) is 4.84. The number of rotatable bonds is 7. The van der Waals surface area contributed by atoms with Crippen molar-refractivity contribution in [2.75, 3.05) is 10.0 Å². The minimum Gasteiger partial charge on any atom is -0.361 e. The fourth-order valence-electron chi connectivity index (χ4n) is 3.30. The van der Waals surface area contributed by atoms with E-state index in [1.54, 1.807) is 36.4 Å². The van der Waals surface area contributed by atoms with E-state index in [9.17, 15) is 13.2 Å². The van der Waals surface area contributed by atoms with Crippen molar-refractivity contribution in [1.29, 1.82) is 0 Å². The molecule has 3 aromatic carbocycles. The van der Waals surface area contributed by atoms with Gasteiger partial charge in [-0.3, -0.25) is 9.52 Å². The van der Waals surface area contributed by atoms with E-state index in [1.165, 1.54) is 12.1 Å². The molecule has 0 aliphatic carbocycles. The Hall–Kier alpha value is -3.29. The van der Waals surface area contributed by atoms with Gasteiger partial charge in [0.15, 0.2) is 0 Å². The summed E-state index contributed by atoms with van der Waals surface area (Å²) in [4.78, 5) is 15.7. The molecule has 6 nitrogen and oxygen atoms in total. The molecular weight excluding hydrogens is 434 g/mol. The van der Waals surface area contributed by atoms with E-state index < -0.39 is 10.0 Å². The number of aryl methyl sites for hydroxylation is 1. The number of halogens is 1. The second-order valence-corrected chi connectivity index (χ2v) is 9.11. The number of carbonyl (C=O) groups excluding carboxylic acids is 1. The lowest BCUT2D eigenvalue weighted by atomic mass is 10.1. The SMILES string of the molecule is O=C(CCc1c[nH]c2ccccc12)Nc1cccc(S(=O)(=O)Nc2ccccc2Cl)c1. The number of amides is 1. The molecular formula is C23H20ClN3O3S. The molecule has 0 bridgehead atoms.